The number of esters is 1. The van der Waals surface area contributed by atoms with Gasteiger partial charge >= 0.3 is 12.1 Å². The van der Waals surface area contributed by atoms with Crippen molar-refractivity contribution in [1.29, 1.82) is 0 Å². The molecule has 1 aliphatic rings. The van der Waals surface area contributed by atoms with Gasteiger partial charge in [0.1, 0.15) is 12.6 Å². The van der Waals surface area contributed by atoms with E-state index in [2.05, 4.69) is 0 Å². The van der Waals surface area contributed by atoms with Crippen LogP contribution in [-0.4, -0.2) is 36.7 Å². The Morgan fingerprint density at radius 2 is 2.00 bits per heavy atom. The standard InChI is InChI=1S/C15H19NO4/c1-19-14(17)13-9-5-6-10-16(13)15(18)20-11-12-7-3-2-4-8-12/h2-4,7-8,13H,5-6,9-11H2,1H3/t13-/m1/s1. The highest BCUT2D eigenvalue weighted by atomic mass is 16.6. The number of carbonyl (C=O) groups is 2. The highest BCUT2D eigenvalue weighted by Gasteiger charge is 2.33. The number of hydrogen-bond acceptors (Lipinski definition) is 4. The van der Waals surface area contributed by atoms with Crippen LogP contribution in [0, 0.1) is 0 Å². The summed E-state index contributed by atoms with van der Waals surface area (Å²) >= 11 is 0. The van der Waals surface area contributed by atoms with Crippen LogP contribution in [0.2, 0.25) is 0 Å². The molecule has 0 aliphatic carbocycles. The zero-order valence-corrected chi connectivity index (χ0v) is 11.6. The summed E-state index contributed by atoms with van der Waals surface area (Å²) in [5.41, 5.74) is 0.924. The molecular weight excluding hydrogens is 258 g/mol. The van der Waals surface area contributed by atoms with E-state index >= 15 is 0 Å². The molecule has 1 fully saturated rings. The summed E-state index contributed by atoms with van der Waals surface area (Å²) in [4.78, 5) is 25.3. The molecule has 0 aromatic heterocycles. The summed E-state index contributed by atoms with van der Waals surface area (Å²) in [7, 11) is 1.34. The van der Waals surface area contributed by atoms with Crippen molar-refractivity contribution < 1.29 is 19.1 Å². The van der Waals surface area contributed by atoms with Crippen LogP contribution in [-0.2, 0) is 20.9 Å². The third-order valence-corrected chi connectivity index (χ3v) is 3.42. The van der Waals surface area contributed by atoms with Crippen molar-refractivity contribution in [1.82, 2.24) is 4.90 Å². The fourth-order valence-electron chi connectivity index (χ4n) is 2.33. The zero-order chi connectivity index (χ0) is 14.4. The van der Waals surface area contributed by atoms with Crippen molar-refractivity contribution in [3.05, 3.63) is 35.9 Å². The molecule has 1 heterocycles. The van der Waals surface area contributed by atoms with Crippen LogP contribution in [0.15, 0.2) is 30.3 Å². The normalized spacial score (nSPS) is 18.4. The van der Waals surface area contributed by atoms with Crippen LogP contribution in [0.25, 0.3) is 0 Å². The number of likely N-dealkylation sites (tertiary alicyclic amines) is 1. The van der Waals surface area contributed by atoms with Crippen molar-refractivity contribution in [2.24, 2.45) is 0 Å². The van der Waals surface area contributed by atoms with Gasteiger partial charge < -0.3 is 9.47 Å². The second-order valence-corrected chi connectivity index (χ2v) is 4.77. The number of nitrogens with zero attached hydrogens (tertiary/aromatic N) is 1. The maximum atomic E-state index is 12.1. The highest BCUT2D eigenvalue weighted by Crippen LogP contribution is 2.19. The van der Waals surface area contributed by atoms with Crippen molar-refractivity contribution in [3.8, 4) is 0 Å². The third-order valence-electron chi connectivity index (χ3n) is 3.42. The van der Waals surface area contributed by atoms with Gasteiger partial charge in [-0.3, -0.25) is 4.90 Å². The molecule has 1 aromatic carbocycles. The second-order valence-electron chi connectivity index (χ2n) is 4.77. The Hall–Kier alpha value is -2.04. The summed E-state index contributed by atoms with van der Waals surface area (Å²) in [6.45, 7) is 0.747. The molecule has 0 saturated carbocycles. The Balaban J connectivity index is 1.94. The molecule has 108 valence electrons. The van der Waals surface area contributed by atoms with E-state index < -0.39 is 12.1 Å². The molecular formula is C15H19NO4. The van der Waals surface area contributed by atoms with Crippen molar-refractivity contribution >= 4 is 12.1 Å². The summed E-state index contributed by atoms with van der Waals surface area (Å²) < 4.78 is 10.0. The molecule has 1 atom stereocenters. The van der Waals surface area contributed by atoms with Gasteiger partial charge in [0, 0.05) is 6.54 Å². The minimum absolute atomic E-state index is 0.212. The predicted molar refractivity (Wildman–Crippen MR) is 73.0 cm³/mol. The first-order chi connectivity index (χ1) is 9.72. The van der Waals surface area contributed by atoms with Crippen LogP contribution in [0.3, 0.4) is 0 Å². The lowest BCUT2D eigenvalue weighted by atomic mass is 10.0. The molecule has 0 unspecified atom stereocenters. The fourth-order valence-corrected chi connectivity index (χ4v) is 2.33. The molecule has 1 aromatic rings. The first-order valence-corrected chi connectivity index (χ1v) is 6.77. The number of amides is 1. The number of methoxy groups -OCH3 is 1. The molecule has 20 heavy (non-hydrogen) atoms. The zero-order valence-electron chi connectivity index (χ0n) is 11.6. The van der Waals surface area contributed by atoms with E-state index in [0.717, 1.165) is 18.4 Å². The smallest absolute Gasteiger partial charge is 0.410 e. The average Bonchev–Trinajstić information content (AvgIpc) is 2.52. The molecule has 5 heteroatoms. The summed E-state index contributed by atoms with van der Waals surface area (Å²) in [6, 6.07) is 8.95. The van der Waals surface area contributed by atoms with Gasteiger partial charge in [-0.1, -0.05) is 30.3 Å². The summed E-state index contributed by atoms with van der Waals surface area (Å²) in [5, 5.41) is 0. The molecule has 5 nitrogen and oxygen atoms in total. The lowest BCUT2D eigenvalue weighted by molar-refractivity contribution is -0.147. The van der Waals surface area contributed by atoms with Gasteiger partial charge in [0.2, 0.25) is 0 Å². The third kappa shape index (κ3) is 3.50. The van der Waals surface area contributed by atoms with Gasteiger partial charge in [0.25, 0.3) is 0 Å². The quantitative estimate of drug-likeness (QED) is 0.796. The van der Waals surface area contributed by atoms with E-state index in [1.807, 2.05) is 30.3 Å². The van der Waals surface area contributed by atoms with Gasteiger partial charge in [0.05, 0.1) is 7.11 Å². The largest absolute Gasteiger partial charge is 0.467 e. The highest BCUT2D eigenvalue weighted by molar-refractivity contribution is 5.81. The van der Waals surface area contributed by atoms with Gasteiger partial charge in [0.15, 0.2) is 0 Å². The van der Waals surface area contributed by atoms with Crippen LogP contribution in [0.1, 0.15) is 24.8 Å². The average molecular weight is 277 g/mol. The number of piperidine rings is 1. The van der Waals surface area contributed by atoms with Crippen LogP contribution >= 0.6 is 0 Å². The van der Waals surface area contributed by atoms with E-state index in [4.69, 9.17) is 9.47 Å². The number of benzene rings is 1. The van der Waals surface area contributed by atoms with Gasteiger partial charge in [-0.2, -0.15) is 0 Å². The molecule has 0 spiro atoms. The lowest BCUT2D eigenvalue weighted by Gasteiger charge is -2.32. The maximum absolute atomic E-state index is 12.1. The topological polar surface area (TPSA) is 55.8 Å². The van der Waals surface area contributed by atoms with E-state index in [0.29, 0.717) is 13.0 Å². The predicted octanol–water partition coefficient (Wildman–Crippen LogP) is 2.35. The van der Waals surface area contributed by atoms with Crippen molar-refractivity contribution in [2.75, 3.05) is 13.7 Å². The van der Waals surface area contributed by atoms with Crippen LogP contribution in [0.5, 0.6) is 0 Å². The maximum Gasteiger partial charge on any atom is 0.410 e. The number of rotatable bonds is 3. The molecule has 0 radical (unpaired) electrons. The van der Waals surface area contributed by atoms with E-state index in [1.165, 1.54) is 12.0 Å². The molecule has 0 N–H and O–H groups in total. The molecule has 2 rings (SSSR count). The van der Waals surface area contributed by atoms with Crippen molar-refractivity contribution in [3.63, 3.8) is 0 Å². The van der Waals surface area contributed by atoms with Gasteiger partial charge in [-0.15, -0.1) is 0 Å². The van der Waals surface area contributed by atoms with E-state index in [-0.39, 0.29) is 12.6 Å². The Labute approximate surface area is 118 Å². The Morgan fingerprint density at radius 3 is 2.70 bits per heavy atom. The van der Waals surface area contributed by atoms with E-state index in [1.54, 1.807) is 0 Å². The molecule has 1 saturated heterocycles. The fraction of sp³-hybridized carbons (Fsp3) is 0.467. The van der Waals surface area contributed by atoms with Crippen LogP contribution < -0.4 is 0 Å². The number of ether oxygens (including phenoxy) is 2. The number of carbonyl (C=O) groups excluding carboxylic acids is 2. The van der Waals surface area contributed by atoms with E-state index in [9.17, 15) is 9.59 Å². The molecule has 1 amide bonds. The van der Waals surface area contributed by atoms with Gasteiger partial charge in [-0.25, -0.2) is 9.59 Å². The summed E-state index contributed by atoms with van der Waals surface area (Å²) in [5.74, 6) is -0.374. The van der Waals surface area contributed by atoms with Crippen molar-refractivity contribution in [2.45, 2.75) is 31.9 Å². The first kappa shape index (κ1) is 14.4. The molecule has 1 aliphatic heterocycles. The monoisotopic (exact) mass is 277 g/mol. The first-order valence-electron chi connectivity index (χ1n) is 6.77. The Morgan fingerprint density at radius 1 is 1.25 bits per heavy atom. The van der Waals surface area contributed by atoms with Crippen LogP contribution in [0.4, 0.5) is 4.79 Å². The lowest BCUT2D eigenvalue weighted by Crippen LogP contribution is -2.48. The Bertz CT molecular complexity index is 460. The SMILES string of the molecule is COC(=O)[C@H]1CCCCN1C(=O)OCc1ccccc1. The van der Waals surface area contributed by atoms with Gasteiger partial charge in [-0.05, 0) is 24.8 Å². The second kappa shape index (κ2) is 6.93. The minimum Gasteiger partial charge on any atom is -0.467 e. The summed E-state index contributed by atoms with van der Waals surface area (Å²) in [6.07, 6.45) is 1.98. The minimum atomic E-state index is -0.517. The molecule has 0 bridgehead atoms. The number of hydrogen-bond donors (Lipinski definition) is 0. The Kier molecular flexibility index (Phi) is 4.98.